The molecular weight excluding hydrogens is 931 g/mol. The van der Waals surface area contributed by atoms with E-state index in [0.717, 1.165) is 32.5 Å². The number of nitrogens with one attached hydrogen (secondary N) is 1. The highest BCUT2D eigenvalue weighted by atomic mass is 79.9. The summed E-state index contributed by atoms with van der Waals surface area (Å²) in [5, 5.41) is 25.9. The fourth-order valence-corrected chi connectivity index (χ4v) is 8.41. The molecule has 6 rings (SSSR count). The first-order valence-corrected chi connectivity index (χ1v) is 22.9. The number of aliphatic hydroxyl groups is 2. The fraction of sp³-hybridized carbons (Fsp3) is 0.286. The van der Waals surface area contributed by atoms with Gasteiger partial charge in [0, 0.05) is 31.5 Å². The Hall–Kier alpha value is -5.42. The lowest BCUT2D eigenvalue weighted by atomic mass is 10.2. The number of methoxy groups -OCH3 is 4. The van der Waals surface area contributed by atoms with E-state index in [2.05, 4.69) is 31.2 Å². The van der Waals surface area contributed by atoms with E-state index in [9.17, 15) is 25.6 Å². The highest BCUT2D eigenvalue weighted by Gasteiger charge is 2.32. The van der Waals surface area contributed by atoms with Crippen molar-refractivity contribution in [2.45, 2.75) is 42.8 Å². The molecule has 63 heavy (non-hydrogen) atoms. The van der Waals surface area contributed by atoms with E-state index >= 15 is 0 Å². The number of nitrogens with zero attached hydrogens (tertiary/aromatic N) is 5. The van der Waals surface area contributed by atoms with Crippen molar-refractivity contribution in [3.05, 3.63) is 143 Å². The number of ether oxygens (including phenoxy) is 4. The van der Waals surface area contributed by atoms with Gasteiger partial charge in [0.1, 0.15) is 23.0 Å². The van der Waals surface area contributed by atoms with Crippen molar-refractivity contribution in [2.24, 2.45) is 0 Å². The van der Waals surface area contributed by atoms with E-state index in [-0.39, 0.29) is 45.9 Å². The quantitative estimate of drug-likeness (QED) is 0.0832. The van der Waals surface area contributed by atoms with Gasteiger partial charge >= 0.3 is 0 Å². The molecule has 0 atom stereocenters. The Morgan fingerprint density at radius 1 is 0.603 bits per heavy atom. The number of aliphatic hydroxyl groups excluding tert-OH is 2. The molecule has 0 unspecified atom stereocenters. The van der Waals surface area contributed by atoms with Gasteiger partial charge in [0.15, 0.2) is 11.6 Å². The summed E-state index contributed by atoms with van der Waals surface area (Å²) in [6, 6.07) is 27.9. The Morgan fingerprint density at radius 2 is 0.952 bits per heavy atom. The van der Waals surface area contributed by atoms with Gasteiger partial charge < -0.3 is 29.2 Å². The number of hydrogen-bond acceptors (Lipinski definition) is 12. The largest absolute Gasteiger partial charge is 0.497 e. The molecule has 4 aromatic carbocycles. The second-order valence-corrected chi connectivity index (χ2v) is 17.7. The number of rotatable bonds is 19. The predicted octanol–water partition coefficient (Wildman–Crippen LogP) is 5.75. The summed E-state index contributed by atoms with van der Waals surface area (Å²) >= 11 is 3.00. The van der Waals surface area contributed by atoms with Crippen molar-refractivity contribution in [1.29, 1.82) is 0 Å². The molecule has 2 heterocycles. The molecule has 340 valence electrons. The van der Waals surface area contributed by atoms with Crippen LogP contribution < -0.4 is 18.9 Å². The Labute approximate surface area is 373 Å². The zero-order chi connectivity index (χ0) is 46.0. The normalized spacial score (nSPS) is 11.3. The third-order valence-corrected chi connectivity index (χ3v) is 12.7. The van der Waals surface area contributed by atoms with Gasteiger partial charge in [0.25, 0.3) is 20.0 Å². The number of sulfonamides is 2. The lowest BCUT2D eigenvalue weighted by Crippen LogP contribution is -2.31. The van der Waals surface area contributed by atoms with Crippen LogP contribution in [-0.4, -0.2) is 103 Å². The Morgan fingerprint density at radius 3 is 1.24 bits per heavy atom. The highest BCUT2D eigenvalue weighted by Crippen LogP contribution is 2.26. The Balaban J connectivity index is 0.000000256. The molecule has 0 fully saturated rings. The summed E-state index contributed by atoms with van der Waals surface area (Å²) in [6.07, 6.45) is 1.80. The average Bonchev–Trinajstić information content (AvgIpc) is 3.92. The number of aromatic amines is 1. The van der Waals surface area contributed by atoms with Crippen LogP contribution in [-0.2, 0) is 52.8 Å². The number of H-pyrrole nitrogens is 1. The molecule has 0 spiro atoms. The second kappa shape index (κ2) is 24.4. The maximum atomic E-state index is 14.5. The zero-order valence-electron chi connectivity index (χ0n) is 34.9. The summed E-state index contributed by atoms with van der Waals surface area (Å²) < 4.78 is 105. The van der Waals surface area contributed by atoms with Gasteiger partial charge in [0.05, 0.1) is 60.6 Å². The van der Waals surface area contributed by atoms with Crippen LogP contribution >= 0.6 is 15.9 Å². The first-order valence-electron chi connectivity index (χ1n) is 18.9. The lowest BCUT2D eigenvalue weighted by molar-refractivity contribution is 0.268. The molecule has 0 saturated heterocycles. The Bertz CT molecular complexity index is 2410. The molecule has 0 aliphatic carbocycles. The molecule has 0 radical (unpaired) electrons. The van der Waals surface area contributed by atoms with E-state index in [1.807, 2.05) is 0 Å². The SMILES string of the molecule is COc1ccc(CN(Cc2ccc(OC)cc2)S(=O)(=O)c2[nH]ncc2F)cc1.COc1ccc(CN(Cc2ccc(OC)cc2)S(=O)(=O)c2nn(CCO)cc2F)cc1.OCCBr. The van der Waals surface area contributed by atoms with Crippen molar-refractivity contribution in [1.82, 2.24) is 28.6 Å². The number of halogens is 3. The minimum atomic E-state index is -4.27. The maximum absolute atomic E-state index is 14.5. The lowest BCUT2D eigenvalue weighted by Gasteiger charge is -2.22. The van der Waals surface area contributed by atoms with Crippen molar-refractivity contribution in [3.63, 3.8) is 0 Å². The van der Waals surface area contributed by atoms with Crippen molar-refractivity contribution >= 4 is 36.0 Å². The van der Waals surface area contributed by atoms with Crippen LogP contribution in [0.3, 0.4) is 0 Å². The number of aromatic nitrogens is 4. The summed E-state index contributed by atoms with van der Waals surface area (Å²) in [4.78, 5) is 0. The first kappa shape index (κ1) is 50.2. The number of benzene rings is 4. The van der Waals surface area contributed by atoms with Gasteiger partial charge in [-0.2, -0.15) is 18.8 Å². The molecule has 21 heteroatoms. The summed E-state index contributed by atoms with van der Waals surface area (Å²) in [7, 11) is -2.22. The Kier molecular flexibility index (Phi) is 19.5. The van der Waals surface area contributed by atoms with Crippen molar-refractivity contribution in [3.8, 4) is 23.0 Å². The van der Waals surface area contributed by atoms with Crippen molar-refractivity contribution < 1.29 is 54.8 Å². The predicted molar refractivity (Wildman–Crippen MR) is 234 cm³/mol. The third-order valence-electron chi connectivity index (χ3n) is 8.91. The van der Waals surface area contributed by atoms with E-state index in [1.54, 1.807) is 126 Å². The van der Waals surface area contributed by atoms with Crippen LogP contribution in [0, 0.1) is 11.6 Å². The van der Waals surface area contributed by atoms with Gasteiger partial charge in [-0.15, -0.1) is 0 Å². The number of hydrogen-bond donors (Lipinski definition) is 3. The zero-order valence-corrected chi connectivity index (χ0v) is 38.1. The number of alkyl halides is 1. The topological polar surface area (TPSA) is 199 Å². The van der Waals surface area contributed by atoms with E-state index in [0.29, 0.717) is 39.5 Å². The molecule has 0 aliphatic rings. The van der Waals surface area contributed by atoms with Crippen LogP contribution in [0.2, 0.25) is 0 Å². The van der Waals surface area contributed by atoms with Crippen LogP contribution in [0.1, 0.15) is 22.3 Å². The minimum Gasteiger partial charge on any atom is -0.497 e. The highest BCUT2D eigenvalue weighted by molar-refractivity contribution is 9.09. The molecule has 0 bridgehead atoms. The minimum absolute atomic E-state index is 0.00462. The third kappa shape index (κ3) is 14.3. The summed E-state index contributed by atoms with van der Waals surface area (Å²) in [5.41, 5.74) is 2.87. The monoisotopic (exact) mass is 978 g/mol. The van der Waals surface area contributed by atoms with Gasteiger partial charge in [-0.3, -0.25) is 9.78 Å². The van der Waals surface area contributed by atoms with Crippen LogP contribution in [0.4, 0.5) is 8.78 Å². The molecule has 0 aliphatic heterocycles. The fourth-order valence-electron chi connectivity index (χ4n) is 5.65. The molecule has 2 aromatic heterocycles. The summed E-state index contributed by atoms with van der Waals surface area (Å²) in [5.74, 6) is 0.711. The average molecular weight is 980 g/mol. The van der Waals surface area contributed by atoms with E-state index in [4.69, 9.17) is 29.2 Å². The molecule has 3 N–H and O–H groups in total. The van der Waals surface area contributed by atoms with Gasteiger partial charge in [-0.25, -0.2) is 25.6 Å². The van der Waals surface area contributed by atoms with Crippen LogP contribution in [0.5, 0.6) is 23.0 Å². The molecular formula is C42H49BrF2N6O10S2. The second-order valence-electron chi connectivity index (χ2n) is 13.2. The van der Waals surface area contributed by atoms with Crippen LogP contribution in [0.15, 0.2) is 120 Å². The standard InChI is InChI=1S/C21H24FN3O5S.C19H20FN3O4S.C2H5BrO/c1-29-18-7-3-16(4-8-18)13-25(14-17-5-9-19(30-2)10-6-17)31(27,28)21-20(22)15-24(23-21)11-12-26;1-26-16-7-3-14(4-8-16)12-23(13-15-5-9-17(27-2)10-6-15)28(24,25)19-18(20)11-21-22-19;3-1-2-4/h3-10,15,26H,11-14H2,1-2H3;3-11H,12-13H2,1-2H3,(H,21,22);4H,1-2H2. The van der Waals surface area contributed by atoms with Crippen molar-refractivity contribution in [2.75, 3.05) is 47.0 Å². The molecule has 0 saturated carbocycles. The van der Waals surface area contributed by atoms with Crippen LogP contribution in [0.25, 0.3) is 0 Å². The molecule has 16 nitrogen and oxygen atoms in total. The molecule has 6 aromatic rings. The maximum Gasteiger partial charge on any atom is 0.265 e. The van der Waals surface area contributed by atoms with Gasteiger partial charge in [0.2, 0.25) is 10.1 Å². The van der Waals surface area contributed by atoms with Gasteiger partial charge in [-0.1, -0.05) is 64.5 Å². The van der Waals surface area contributed by atoms with E-state index < -0.39 is 41.7 Å². The first-order chi connectivity index (χ1) is 30.2. The van der Waals surface area contributed by atoms with E-state index in [1.165, 1.54) is 4.31 Å². The van der Waals surface area contributed by atoms with Gasteiger partial charge in [-0.05, 0) is 70.8 Å². The smallest absolute Gasteiger partial charge is 0.265 e. The summed E-state index contributed by atoms with van der Waals surface area (Å²) in [6.45, 7) is 0.0500. The molecule has 0 amide bonds.